The average Bonchev–Trinajstić information content (AvgIpc) is 2.52. The lowest BCUT2D eigenvalue weighted by molar-refractivity contribution is 0.0444. The number of aliphatic hydroxyl groups is 1. The van der Waals surface area contributed by atoms with Crippen LogP contribution in [0.2, 0.25) is 0 Å². The summed E-state index contributed by atoms with van der Waals surface area (Å²) in [5.74, 6) is 1.20. The minimum Gasteiger partial charge on any atom is -0.473 e. The Labute approximate surface area is 137 Å². The van der Waals surface area contributed by atoms with E-state index in [1.165, 1.54) is 0 Å². The third-order valence-corrected chi connectivity index (χ3v) is 4.01. The number of β-amino-alcohol motifs (C(OH)–C–C–N with tert-alkyl or cyclic N) is 1. The number of piperidine rings is 1. The number of benzene rings is 1. The first-order chi connectivity index (χ1) is 11.0. The summed E-state index contributed by atoms with van der Waals surface area (Å²) in [6, 6.07) is 11.9. The predicted molar refractivity (Wildman–Crippen MR) is 89.6 cm³/mol. The first-order valence-corrected chi connectivity index (χ1v) is 8.02. The van der Waals surface area contributed by atoms with Gasteiger partial charge in [0.15, 0.2) is 0 Å². The van der Waals surface area contributed by atoms with Crippen LogP contribution in [0.15, 0.2) is 36.4 Å². The largest absolute Gasteiger partial charge is 0.473 e. The molecule has 1 aliphatic rings. The summed E-state index contributed by atoms with van der Waals surface area (Å²) in [6.45, 7) is 5.69. The van der Waals surface area contributed by atoms with E-state index in [1.54, 1.807) is 0 Å². The van der Waals surface area contributed by atoms with Crippen molar-refractivity contribution in [2.45, 2.75) is 38.9 Å². The van der Waals surface area contributed by atoms with Gasteiger partial charge in [-0.3, -0.25) is 0 Å². The van der Waals surface area contributed by atoms with Crippen LogP contribution in [0.3, 0.4) is 0 Å². The molecule has 1 saturated heterocycles. The number of ether oxygens (including phenoxy) is 1. The van der Waals surface area contributed by atoms with E-state index in [2.05, 4.69) is 9.97 Å². The number of anilines is 1. The first-order valence-electron chi connectivity index (χ1n) is 8.02. The van der Waals surface area contributed by atoms with Gasteiger partial charge >= 0.3 is 0 Å². The molecule has 2 aromatic rings. The van der Waals surface area contributed by atoms with E-state index in [0.29, 0.717) is 25.0 Å². The van der Waals surface area contributed by atoms with Gasteiger partial charge in [0.1, 0.15) is 6.61 Å². The van der Waals surface area contributed by atoms with Crippen LogP contribution < -0.4 is 9.64 Å². The van der Waals surface area contributed by atoms with E-state index in [9.17, 15) is 5.11 Å². The first kappa shape index (κ1) is 15.7. The summed E-state index contributed by atoms with van der Waals surface area (Å²) < 4.78 is 5.82. The van der Waals surface area contributed by atoms with E-state index in [1.807, 2.05) is 55.1 Å². The Morgan fingerprint density at radius 1 is 1.26 bits per heavy atom. The van der Waals surface area contributed by atoms with Crippen molar-refractivity contribution >= 4 is 5.95 Å². The Bertz CT molecular complexity index is 659. The summed E-state index contributed by atoms with van der Waals surface area (Å²) in [6.07, 6.45) is 1.75. The van der Waals surface area contributed by atoms with E-state index in [-0.39, 0.29) is 0 Å². The monoisotopic (exact) mass is 313 g/mol. The Morgan fingerprint density at radius 3 is 2.78 bits per heavy atom. The molecule has 0 saturated carbocycles. The Kier molecular flexibility index (Phi) is 4.48. The number of aryl methyl sites for hydroxylation is 1. The SMILES string of the molecule is Cc1cc(OCc2ccccc2)nc(N2CCCC(C)(O)C2)n1. The normalized spacial score (nSPS) is 21.3. The van der Waals surface area contributed by atoms with Crippen molar-refractivity contribution in [3.8, 4) is 5.88 Å². The van der Waals surface area contributed by atoms with Gasteiger partial charge in [0.2, 0.25) is 11.8 Å². The van der Waals surface area contributed by atoms with Crippen LogP contribution >= 0.6 is 0 Å². The lowest BCUT2D eigenvalue weighted by Gasteiger charge is -2.36. The molecule has 1 aromatic carbocycles. The van der Waals surface area contributed by atoms with Gasteiger partial charge in [0.25, 0.3) is 0 Å². The molecule has 0 radical (unpaired) electrons. The van der Waals surface area contributed by atoms with Crippen LogP contribution in [-0.4, -0.2) is 33.8 Å². The van der Waals surface area contributed by atoms with Crippen molar-refractivity contribution in [1.29, 1.82) is 0 Å². The van der Waals surface area contributed by atoms with E-state index >= 15 is 0 Å². The molecule has 0 spiro atoms. The second kappa shape index (κ2) is 6.54. The fraction of sp³-hybridized carbons (Fsp3) is 0.444. The molecule has 122 valence electrons. The molecular formula is C18H23N3O2. The van der Waals surface area contributed by atoms with Crippen LogP contribution in [0.1, 0.15) is 31.0 Å². The molecule has 1 atom stereocenters. The third kappa shape index (κ3) is 4.20. The second-order valence-corrected chi connectivity index (χ2v) is 6.44. The summed E-state index contributed by atoms with van der Waals surface area (Å²) in [5.41, 5.74) is 1.28. The molecular weight excluding hydrogens is 290 g/mol. The number of aromatic nitrogens is 2. The van der Waals surface area contributed by atoms with Crippen molar-refractivity contribution in [3.05, 3.63) is 47.7 Å². The molecule has 5 nitrogen and oxygen atoms in total. The zero-order valence-electron chi connectivity index (χ0n) is 13.7. The minimum absolute atomic E-state index is 0.481. The topological polar surface area (TPSA) is 58.5 Å². The standard InChI is InChI=1S/C18H23N3O2/c1-14-11-16(23-12-15-7-4-3-5-8-15)20-17(19-14)21-10-6-9-18(2,22)13-21/h3-5,7-8,11,22H,6,9-10,12-13H2,1-2H3. The molecule has 0 amide bonds. The molecule has 23 heavy (non-hydrogen) atoms. The fourth-order valence-electron chi connectivity index (χ4n) is 2.86. The zero-order chi connectivity index (χ0) is 16.3. The molecule has 0 aliphatic carbocycles. The highest BCUT2D eigenvalue weighted by Crippen LogP contribution is 2.25. The number of nitrogens with zero attached hydrogens (tertiary/aromatic N) is 3. The highest BCUT2D eigenvalue weighted by molar-refractivity contribution is 5.35. The van der Waals surface area contributed by atoms with Gasteiger partial charge in [0, 0.05) is 24.8 Å². The molecule has 0 bridgehead atoms. The summed E-state index contributed by atoms with van der Waals surface area (Å²) in [5, 5.41) is 10.3. The summed E-state index contributed by atoms with van der Waals surface area (Å²) in [4.78, 5) is 11.1. The molecule has 3 rings (SSSR count). The van der Waals surface area contributed by atoms with E-state index < -0.39 is 5.60 Å². The highest BCUT2D eigenvalue weighted by atomic mass is 16.5. The van der Waals surface area contributed by atoms with Gasteiger partial charge in [-0.05, 0) is 32.3 Å². The van der Waals surface area contributed by atoms with E-state index in [0.717, 1.165) is 30.6 Å². The van der Waals surface area contributed by atoms with Gasteiger partial charge in [-0.1, -0.05) is 30.3 Å². The summed E-state index contributed by atoms with van der Waals surface area (Å²) in [7, 11) is 0. The van der Waals surface area contributed by atoms with Crippen LogP contribution in [-0.2, 0) is 6.61 Å². The lowest BCUT2D eigenvalue weighted by Crippen LogP contribution is -2.46. The van der Waals surface area contributed by atoms with Gasteiger partial charge in [0.05, 0.1) is 5.60 Å². The Morgan fingerprint density at radius 2 is 2.04 bits per heavy atom. The van der Waals surface area contributed by atoms with Crippen LogP contribution in [0.5, 0.6) is 5.88 Å². The van der Waals surface area contributed by atoms with Gasteiger partial charge in [-0.2, -0.15) is 4.98 Å². The average molecular weight is 313 g/mol. The highest BCUT2D eigenvalue weighted by Gasteiger charge is 2.29. The van der Waals surface area contributed by atoms with Gasteiger partial charge < -0.3 is 14.7 Å². The van der Waals surface area contributed by atoms with Crippen molar-refractivity contribution < 1.29 is 9.84 Å². The predicted octanol–water partition coefficient (Wildman–Crippen LogP) is 2.72. The number of hydrogen-bond acceptors (Lipinski definition) is 5. The van der Waals surface area contributed by atoms with Crippen LogP contribution in [0.25, 0.3) is 0 Å². The van der Waals surface area contributed by atoms with Crippen molar-refractivity contribution in [2.24, 2.45) is 0 Å². The Balaban J connectivity index is 1.74. The lowest BCUT2D eigenvalue weighted by atomic mass is 9.95. The smallest absolute Gasteiger partial charge is 0.228 e. The maximum Gasteiger partial charge on any atom is 0.228 e. The van der Waals surface area contributed by atoms with Gasteiger partial charge in [-0.15, -0.1) is 0 Å². The van der Waals surface area contributed by atoms with Crippen molar-refractivity contribution in [3.63, 3.8) is 0 Å². The van der Waals surface area contributed by atoms with Crippen molar-refractivity contribution in [1.82, 2.24) is 9.97 Å². The number of hydrogen-bond donors (Lipinski definition) is 1. The molecule has 1 unspecified atom stereocenters. The number of rotatable bonds is 4. The van der Waals surface area contributed by atoms with E-state index in [4.69, 9.17) is 4.74 Å². The second-order valence-electron chi connectivity index (χ2n) is 6.44. The van der Waals surface area contributed by atoms with Gasteiger partial charge in [-0.25, -0.2) is 4.98 Å². The Hall–Kier alpha value is -2.14. The summed E-state index contributed by atoms with van der Waals surface area (Å²) >= 11 is 0. The molecule has 1 fully saturated rings. The van der Waals surface area contributed by atoms with Crippen molar-refractivity contribution in [2.75, 3.05) is 18.0 Å². The molecule has 1 N–H and O–H groups in total. The maximum absolute atomic E-state index is 10.3. The third-order valence-electron chi connectivity index (χ3n) is 4.01. The molecule has 5 heteroatoms. The van der Waals surface area contributed by atoms with Crippen LogP contribution in [0.4, 0.5) is 5.95 Å². The minimum atomic E-state index is -0.684. The molecule has 2 heterocycles. The maximum atomic E-state index is 10.3. The fourth-order valence-corrected chi connectivity index (χ4v) is 2.86. The molecule has 1 aliphatic heterocycles. The molecule has 1 aromatic heterocycles. The van der Waals surface area contributed by atoms with Crippen LogP contribution in [0, 0.1) is 6.92 Å². The quantitative estimate of drug-likeness (QED) is 0.940. The zero-order valence-corrected chi connectivity index (χ0v) is 13.7.